The van der Waals surface area contributed by atoms with Gasteiger partial charge in [-0.3, -0.25) is 4.79 Å². The molecule has 18 heavy (non-hydrogen) atoms. The number of rotatable bonds is 4. The van der Waals surface area contributed by atoms with Crippen molar-refractivity contribution >= 4 is 11.6 Å². The fraction of sp³-hybridized carbons (Fsp3) is 0.231. The second-order valence-corrected chi connectivity index (χ2v) is 3.88. The third-order valence-corrected chi connectivity index (χ3v) is 2.56. The summed E-state index contributed by atoms with van der Waals surface area (Å²) in [4.78, 5) is 16.7. The van der Waals surface area contributed by atoms with Crippen molar-refractivity contribution in [2.24, 2.45) is 5.16 Å². The fourth-order valence-electron chi connectivity index (χ4n) is 1.62. The van der Waals surface area contributed by atoms with Gasteiger partial charge in [0.05, 0.1) is 5.71 Å². The van der Waals surface area contributed by atoms with Gasteiger partial charge in [0.1, 0.15) is 5.82 Å². The topological polar surface area (TPSA) is 50.7 Å². The molecular formula is C13H13FN2O2. The maximum Gasteiger partial charge on any atom is 0.264 e. The minimum Gasteiger partial charge on any atom is -0.382 e. The van der Waals surface area contributed by atoms with E-state index in [1.807, 2.05) is 0 Å². The number of nitrogens with one attached hydrogen (secondary N) is 1. The Kier molecular flexibility index (Phi) is 3.72. The Morgan fingerprint density at radius 1 is 1.56 bits per heavy atom. The maximum atomic E-state index is 12.8. The van der Waals surface area contributed by atoms with Crippen LogP contribution in [0.15, 0.2) is 42.1 Å². The van der Waals surface area contributed by atoms with Gasteiger partial charge in [-0.1, -0.05) is 23.4 Å². The molecular weight excluding hydrogens is 235 g/mol. The molecule has 0 spiro atoms. The van der Waals surface area contributed by atoms with Gasteiger partial charge in [0.25, 0.3) is 5.91 Å². The van der Waals surface area contributed by atoms with Crippen molar-refractivity contribution in [1.82, 2.24) is 5.32 Å². The smallest absolute Gasteiger partial charge is 0.264 e. The number of hydrogen-bond donors (Lipinski definition) is 1. The van der Waals surface area contributed by atoms with Gasteiger partial charge in [-0.05, 0) is 17.7 Å². The van der Waals surface area contributed by atoms with E-state index in [0.29, 0.717) is 18.7 Å². The molecule has 1 aliphatic heterocycles. The highest BCUT2D eigenvalue weighted by atomic mass is 19.1. The van der Waals surface area contributed by atoms with Crippen LogP contribution in [0.4, 0.5) is 4.39 Å². The molecule has 5 heteroatoms. The van der Waals surface area contributed by atoms with Gasteiger partial charge < -0.3 is 10.2 Å². The number of benzene rings is 1. The molecule has 1 aliphatic rings. The fourth-order valence-corrected chi connectivity index (χ4v) is 1.62. The minimum atomic E-state index is -0.620. The molecule has 4 nitrogen and oxygen atoms in total. The quantitative estimate of drug-likeness (QED) is 0.823. The van der Waals surface area contributed by atoms with Crippen LogP contribution in [0, 0.1) is 5.82 Å². The van der Waals surface area contributed by atoms with Gasteiger partial charge in [-0.2, -0.15) is 0 Å². The Morgan fingerprint density at radius 2 is 2.28 bits per heavy atom. The monoisotopic (exact) mass is 248 g/mol. The first-order valence-electron chi connectivity index (χ1n) is 5.58. The summed E-state index contributed by atoms with van der Waals surface area (Å²) in [7, 11) is 0. The predicted molar refractivity (Wildman–Crippen MR) is 65.6 cm³/mol. The Hall–Kier alpha value is -2.17. The van der Waals surface area contributed by atoms with Crippen LogP contribution < -0.4 is 5.32 Å². The Labute approximate surface area is 104 Å². The van der Waals surface area contributed by atoms with E-state index in [1.165, 1.54) is 12.1 Å². The summed E-state index contributed by atoms with van der Waals surface area (Å²) in [5, 5.41) is 6.49. The summed E-state index contributed by atoms with van der Waals surface area (Å²) in [6, 6.07) is 5.93. The first-order valence-corrected chi connectivity index (χ1v) is 5.58. The first-order chi connectivity index (χ1) is 8.70. The van der Waals surface area contributed by atoms with Crippen molar-refractivity contribution in [2.75, 3.05) is 6.54 Å². The standard InChI is InChI=1S/C13H13FN2O2/c1-2-7-15-13(17)12-8-11(16-18-12)9-3-5-10(14)6-4-9/h2-6,12H,1,7-8H2,(H,15,17). The highest BCUT2D eigenvalue weighted by Crippen LogP contribution is 2.17. The zero-order chi connectivity index (χ0) is 13.0. The molecule has 1 unspecified atom stereocenters. The molecule has 1 heterocycles. The summed E-state index contributed by atoms with van der Waals surface area (Å²) in [6.45, 7) is 3.90. The van der Waals surface area contributed by atoms with Crippen LogP contribution in [-0.4, -0.2) is 24.3 Å². The second-order valence-electron chi connectivity index (χ2n) is 3.88. The maximum absolute atomic E-state index is 12.8. The molecule has 1 N–H and O–H groups in total. The van der Waals surface area contributed by atoms with E-state index in [4.69, 9.17) is 4.84 Å². The van der Waals surface area contributed by atoms with Crippen molar-refractivity contribution in [3.8, 4) is 0 Å². The van der Waals surface area contributed by atoms with Gasteiger partial charge in [-0.15, -0.1) is 6.58 Å². The normalized spacial score (nSPS) is 17.8. The lowest BCUT2D eigenvalue weighted by atomic mass is 10.0. The van der Waals surface area contributed by atoms with Crippen LogP contribution in [-0.2, 0) is 9.63 Å². The molecule has 1 amide bonds. The second kappa shape index (κ2) is 5.44. The van der Waals surface area contributed by atoms with Crippen molar-refractivity contribution in [1.29, 1.82) is 0 Å². The van der Waals surface area contributed by atoms with E-state index >= 15 is 0 Å². The lowest BCUT2D eigenvalue weighted by Crippen LogP contribution is -2.34. The SMILES string of the molecule is C=CCNC(=O)C1CC(c2ccc(F)cc2)=NO1. The minimum absolute atomic E-state index is 0.226. The summed E-state index contributed by atoms with van der Waals surface area (Å²) >= 11 is 0. The van der Waals surface area contributed by atoms with Crippen LogP contribution >= 0.6 is 0 Å². The number of amides is 1. The summed E-state index contributed by atoms with van der Waals surface area (Å²) in [5.41, 5.74) is 1.41. The highest BCUT2D eigenvalue weighted by Gasteiger charge is 2.28. The zero-order valence-electron chi connectivity index (χ0n) is 9.73. The molecule has 0 saturated carbocycles. The third-order valence-electron chi connectivity index (χ3n) is 2.56. The summed E-state index contributed by atoms with van der Waals surface area (Å²) in [5.74, 6) is -0.533. The van der Waals surface area contributed by atoms with Crippen LogP contribution in [0.5, 0.6) is 0 Å². The van der Waals surface area contributed by atoms with E-state index in [9.17, 15) is 9.18 Å². The van der Waals surface area contributed by atoms with Crippen molar-refractivity contribution < 1.29 is 14.0 Å². The number of carbonyl (C=O) groups excluding carboxylic acids is 1. The lowest BCUT2D eigenvalue weighted by molar-refractivity contribution is -0.130. The number of oxime groups is 1. The summed E-state index contributed by atoms with van der Waals surface area (Å²) < 4.78 is 12.8. The third kappa shape index (κ3) is 2.74. The van der Waals surface area contributed by atoms with Crippen LogP contribution in [0.2, 0.25) is 0 Å². The molecule has 1 aromatic rings. The first kappa shape index (κ1) is 12.3. The van der Waals surface area contributed by atoms with Crippen molar-refractivity contribution in [3.05, 3.63) is 48.3 Å². The van der Waals surface area contributed by atoms with Crippen molar-refractivity contribution in [2.45, 2.75) is 12.5 Å². The Balaban J connectivity index is 1.97. The lowest BCUT2D eigenvalue weighted by Gasteiger charge is -2.07. The number of hydrogen-bond acceptors (Lipinski definition) is 3. The molecule has 1 atom stereocenters. The highest BCUT2D eigenvalue weighted by molar-refractivity contribution is 6.04. The molecule has 0 radical (unpaired) electrons. The van der Waals surface area contributed by atoms with E-state index in [0.717, 1.165) is 5.56 Å². The molecule has 0 bridgehead atoms. The molecule has 94 valence electrons. The zero-order valence-corrected chi connectivity index (χ0v) is 9.73. The van der Waals surface area contributed by atoms with Gasteiger partial charge in [0.2, 0.25) is 6.10 Å². The Bertz CT molecular complexity index is 482. The molecule has 2 rings (SSSR count). The Morgan fingerprint density at radius 3 is 2.94 bits per heavy atom. The van der Waals surface area contributed by atoms with Gasteiger partial charge in [0.15, 0.2) is 0 Å². The van der Waals surface area contributed by atoms with Crippen molar-refractivity contribution in [3.63, 3.8) is 0 Å². The number of nitrogens with zero attached hydrogens (tertiary/aromatic N) is 1. The summed E-state index contributed by atoms with van der Waals surface area (Å²) in [6.07, 6.45) is 1.36. The van der Waals surface area contributed by atoms with Crippen LogP contribution in [0.25, 0.3) is 0 Å². The largest absolute Gasteiger partial charge is 0.382 e. The molecule has 0 aliphatic carbocycles. The van der Waals surface area contributed by atoms with Gasteiger partial charge >= 0.3 is 0 Å². The van der Waals surface area contributed by atoms with Gasteiger partial charge in [0, 0.05) is 13.0 Å². The van der Waals surface area contributed by atoms with E-state index in [1.54, 1.807) is 18.2 Å². The number of carbonyl (C=O) groups is 1. The molecule has 1 aromatic carbocycles. The van der Waals surface area contributed by atoms with Gasteiger partial charge in [-0.25, -0.2) is 4.39 Å². The number of halogens is 1. The molecule has 0 aromatic heterocycles. The van der Waals surface area contributed by atoms with Crippen LogP contribution in [0.1, 0.15) is 12.0 Å². The van der Waals surface area contributed by atoms with E-state index < -0.39 is 6.10 Å². The molecule has 0 saturated heterocycles. The van der Waals surface area contributed by atoms with E-state index in [-0.39, 0.29) is 11.7 Å². The molecule has 0 fully saturated rings. The van der Waals surface area contributed by atoms with Crippen LogP contribution in [0.3, 0.4) is 0 Å². The van der Waals surface area contributed by atoms with E-state index in [2.05, 4.69) is 17.1 Å². The predicted octanol–water partition coefficient (Wildman–Crippen LogP) is 1.62. The average molecular weight is 248 g/mol. The average Bonchev–Trinajstić information content (AvgIpc) is 2.86.